The van der Waals surface area contributed by atoms with Gasteiger partial charge >= 0.3 is 0 Å². The monoisotopic (exact) mass is 1100 g/mol. The molecular weight excluding hydrogens is 953 g/mol. The van der Waals surface area contributed by atoms with Crippen LogP contribution in [0.4, 0.5) is 0 Å². The van der Waals surface area contributed by atoms with Gasteiger partial charge in [-0.25, -0.2) is 9.97 Å². The second-order valence-corrected chi connectivity index (χ2v) is 26.4. The van der Waals surface area contributed by atoms with E-state index < -0.39 is 0 Å². The average molecular weight is 1100 g/mol. The summed E-state index contributed by atoms with van der Waals surface area (Å²) in [6.07, 6.45) is 97.6. The summed E-state index contributed by atoms with van der Waals surface area (Å²) < 4.78 is 0. The lowest BCUT2D eigenvalue weighted by atomic mass is 9.96. The van der Waals surface area contributed by atoms with Gasteiger partial charge in [0.15, 0.2) is 0 Å². The molecule has 2 nitrogen and oxygen atoms in total. The van der Waals surface area contributed by atoms with Crippen molar-refractivity contribution in [1.82, 2.24) is 9.97 Å². The van der Waals surface area contributed by atoms with Gasteiger partial charge in [0.05, 0.1) is 0 Å². The maximum Gasteiger partial charge on any atom is 0.128 e. The lowest BCUT2D eigenvalue weighted by molar-refractivity contribution is 0.518. The molecule has 79 heavy (non-hydrogen) atoms. The molecule has 0 saturated heterocycles. The molecule has 0 bridgehead atoms. The third kappa shape index (κ3) is 56.0. The number of hydrogen-bond acceptors (Lipinski definition) is 2. The second-order valence-electron chi connectivity index (χ2n) is 26.4. The molecular formula is C77H149N2. The van der Waals surface area contributed by atoms with Crippen molar-refractivity contribution in [3.05, 3.63) is 29.7 Å². The maximum atomic E-state index is 5.40. The highest BCUT2D eigenvalue weighted by atomic mass is 14.9. The van der Waals surface area contributed by atoms with Crippen LogP contribution in [0.25, 0.3) is 0 Å². The Morgan fingerprint density at radius 2 is 0.354 bits per heavy atom. The lowest BCUT2D eigenvalue weighted by Crippen LogP contribution is -2.11. The summed E-state index contributed by atoms with van der Waals surface area (Å²) in [5.74, 6) is 1.13. The minimum absolute atomic E-state index is 0.980. The van der Waals surface area contributed by atoms with Crippen LogP contribution in [0.2, 0.25) is 0 Å². The van der Waals surface area contributed by atoms with Gasteiger partial charge in [-0.1, -0.05) is 419 Å². The van der Waals surface area contributed by atoms with Gasteiger partial charge in [-0.15, -0.1) is 0 Å². The van der Waals surface area contributed by atoms with Gasteiger partial charge in [0.2, 0.25) is 0 Å². The van der Waals surface area contributed by atoms with E-state index in [1.54, 1.807) is 5.56 Å². The van der Waals surface area contributed by atoms with Gasteiger partial charge in [-0.3, -0.25) is 0 Å². The van der Waals surface area contributed by atoms with E-state index >= 15 is 0 Å². The van der Waals surface area contributed by atoms with Crippen LogP contribution in [0.1, 0.15) is 461 Å². The molecule has 0 fully saturated rings. The maximum absolute atomic E-state index is 5.40. The summed E-state index contributed by atoms with van der Waals surface area (Å²) in [7, 11) is 0. The summed E-state index contributed by atoms with van der Waals surface area (Å²) >= 11 is 0. The summed E-state index contributed by atoms with van der Waals surface area (Å²) in [5.41, 5.74) is 4.47. The molecule has 0 aliphatic carbocycles. The molecule has 0 aromatic carbocycles. The zero-order chi connectivity index (χ0) is 56.5. The number of rotatable bonds is 69. The molecule has 467 valence electrons. The van der Waals surface area contributed by atoms with Crippen LogP contribution in [0, 0.1) is 6.92 Å². The third-order valence-electron chi connectivity index (χ3n) is 18.4. The molecule has 1 aromatic heterocycles. The Balaban J connectivity index is 2.43. The van der Waals surface area contributed by atoms with Crippen molar-refractivity contribution in [2.75, 3.05) is 0 Å². The summed E-state index contributed by atoms with van der Waals surface area (Å²) in [5, 5.41) is 0. The van der Waals surface area contributed by atoms with E-state index in [-0.39, 0.29) is 0 Å². The van der Waals surface area contributed by atoms with E-state index in [0.29, 0.717) is 0 Å². The van der Waals surface area contributed by atoms with Crippen molar-refractivity contribution in [1.29, 1.82) is 0 Å². The van der Waals surface area contributed by atoms with Crippen LogP contribution >= 0.6 is 0 Å². The first kappa shape index (κ1) is 76.1. The van der Waals surface area contributed by atoms with Gasteiger partial charge in [-0.2, -0.15) is 0 Å². The smallest absolute Gasteiger partial charge is 0.128 e. The van der Waals surface area contributed by atoms with Crippen molar-refractivity contribution < 1.29 is 0 Å². The quantitative estimate of drug-likeness (QED) is 0.0608. The summed E-state index contributed by atoms with van der Waals surface area (Å²) in [6, 6.07) is 0. The Morgan fingerprint density at radius 1 is 0.190 bits per heavy atom. The normalized spacial score (nSPS) is 11.7. The Hall–Kier alpha value is -0.920. The predicted octanol–water partition coefficient (Wildman–Crippen LogP) is 27.9. The topological polar surface area (TPSA) is 25.8 Å². The fourth-order valence-corrected chi connectivity index (χ4v) is 12.9. The van der Waals surface area contributed by atoms with Crippen LogP contribution in [-0.4, -0.2) is 9.97 Å². The summed E-state index contributed by atoms with van der Waals surface area (Å²) in [6.45, 7) is 11.1. The fourth-order valence-electron chi connectivity index (χ4n) is 12.9. The molecule has 0 aliphatic heterocycles. The highest BCUT2D eigenvalue weighted by molar-refractivity contribution is 5.27. The van der Waals surface area contributed by atoms with Gasteiger partial charge in [0.1, 0.15) is 5.82 Å². The first-order valence-electron chi connectivity index (χ1n) is 37.9. The van der Waals surface area contributed by atoms with Crippen LogP contribution in [-0.2, 0) is 25.7 Å². The van der Waals surface area contributed by atoms with Crippen LogP contribution < -0.4 is 0 Å². The van der Waals surface area contributed by atoms with E-state index in [2.05, 4.69) is 27.7 Å². The van der Waals surface area contributed by atoms with Gasteiger partial charge in [0.25, 0.3) is 0 Å². The van der Waals surface area contributed by atoms with E-state index in [1.807, 2.05) is 0 Å². The van der Waals surface area contributed by atoms with Crippen molar-refractivity contribution in [3.63, 3.8) is 0 Å². The van der Waals surface area contributed by atoms with E-state index in [0.717, 1.165) is 25.1 Å². The zero-order valence-electron chi connectivity index (χ0n) is 55.4. The van der Waals surface area contributed by atoms with Gasteiger partial charge in [0, 0.05) is 17.8 Å². The van der Waals surface area contributed by atoms with Crippen molar-refractivity contribution in [2.45, 2.75) is 464 Å². The number of unbranched alkanes of at least 4 members (excludes halogenated alkanes) is 61. The van der Waals surface area contributed by atoms with Crippen molar-refractivity contribution in [2.24, 2.45) is 0 Å². The number of nitrogens with zero attached hydrogens (tertiary/aromatic N) is 2. The highest BCUT2D eigenvalue weighted by Crippen LogP contribution is 2.24. The standard InChI is InChI=1S/C77H149N2/c1-5-9-13-16-19-22-25-28-31-34-37-40-43-46-49-52-55-58-61-64-67-70-74-75(71-68-65-62-59-56-53-50-47-44-41-38-35-32-29-26-23-20-17-14-10-6-2)78-77(73-12-8-4)79-76(74)72-69-66-63-60-57-54-51-48-45-42-39-36-33-30-27-24-21-18-15-11-7-3/h4-73H2,1-3H3. The van der Waals surface area contributed by atoms with Crippen molar-refractivity contribution in [3.8, 4) is 0 Å². The van der Waals surface area contributed by atoms with E-state index in [9.17, 15) is 0 Å². The van der Waals surface area contributed by atoms with Gasteiger partial charge in [-0.05, 0) is 50.5 Å². The molecule has 0 spiro atoms. The van der Waals surface area contributed by atoms with E-state index in [4.69, 9.17) is 9.97 Å². The Bertz CT molecular complexity index is 1200. The fraction of sp³-hybridized carbons (Fsp3) is 0.935. The number of aryl methyl sites for hydroxylation is 3. The summed E-state index contributed by atoms with van der Waals surface area (Å²) in [4.78, 5) is 10.8. The molecule has 2 heteroatoms. The average Bonchev–Trinajstić information content (AvgIpc) is 3.46. The van der Waals surface area contributed by atoms with E-state index in [1.165, 1.54) is 435 Å². The first-order valence-corrected chi connectivity index (χ1v) is 37.9. The lowest BCUT2D eigenvalue weighted by Gasteiger charge is -2.16. The number of hydrogen-bond donors (Lipinski definition) is 0. The minimum Gasteiger partial charge on any atom is -0.238 e. The van der Waals surface area contributed by atoms with Crippen LogP contribution in [0.5, 0.6) is 0 Å². The molecule has 0 unspecified atom stereocenters. The Labute approximate surface area is 501 Å². The molecule has 0 amide bonds. The highest BCUT2D eigenvalue weighted by Gasteiger charge is 2.15. The molecule has 0 atom stereocenters. The molecule has 0 aliphatic rings. The van der Waals surface area contributed by atoms with Gasteiger partial charge < -0.3 is 0 Å². The molecule has 1 rings (SSSR count). The SMILES string of the molecule is [CH2]CCCc1nc(CCCCCCCCCCCCCCCCCCCCCCC)c(CCCCCCCCCCCCCCCCCCCCCCC)c(CCCCCCCCCCCCCCCCCCCCCCC)n1. The molecule has 1 radical (unpaired) electrons. The zero-order valence-corrected chi connectivity index (χ0v) is 55.4. The predicted molar refractivity (Wildman–Crippen MR) is 359 cm³/mol. The number of aromatic nitrogens is 2. The third-order valence-corrected chi connectivity index (χ3v) is 18.4. The van der Waals surface area contributed by atoms with Crippen LogP contribution in [0.15, 0.2) is 0 Å². The first-order chi connectivity index (χ1) is 39.3. The van der Waals surface area contributed by atoms with Crippen molar-refractivity contribution >= 4 is 0 Å². The van der Waals surface area contributed by atoms with Crippen LogP contribution in [0.3, 0.4) is 0 Å². The largest absolute Gasteiger partial charge is 0.238 e. The molecule has 1 aromatic rings. The molecule has 0 saturated carbocycles. The second kappa shape index (κ2) is 66.2. The minimum atomic E-state index is 0.980. The molecule has 0 N–H and O–H groups in total. The Kier molecular flexibility index (Phi) is 63.8. The molecule has 1 heterocycles. The Morgan fingerprint density at radius 3 is 0.532 bits per heavy atom.